The molecule has 1 atom stereocenters. The first-order chi connectivity index (χ1) is 8.27. The predicted molar refractivity (Wildman–Crippen MR) is 75.5 cm³/mol. The number of hydrogen-bond acceptors (Lipinski definition) is 2. The van der Waals surface area contributed by atoms with E-state index in [0.717, 1.165) is 32.0 Å². The van der Waals surface area contributed by atoms with Gasteiger partial charge in [0.2, 0.25) is 0 Å². The minimum atomic E-state index is 0.747. The van der Waals surface area contributed by atoms with Crippen LogP contribution in [0, 0.1) is 12.8 Å². The third-order valence-corrected chi connectivity index (χ3v) is 3.34. The Morgan fingerprint density at radius 2 is 1.94 bits per heavy atom. The molecule has 1 unspecified atom stereocenters. The molecule has 96 valence electrons. The average Bonchev–Trinajstić information content (AvgIpc) is 2.35. The molecule has 2 N–H and O–H groups in total. The highest BCUT2D eigenvalue weighted by atomic mass is 14.9. The van der Waals surface area contributed by atoms with Crippen LogP contribution in [-0.4, -0.2) is 26.7 Å². The second kappa shape index (κ2) is 8.26. The van der Waals surface area contributed by atoms with Crippen LogP contribution >= 0.6 is 0 Å². The largest absolute Gasteiger partial charge is 0.319 e. The first-order valence-corrected chi connectivity index (χ1v) is 6.67. The maximum atomic E-state index is 3.56. The van der Waals surface area contributed by atoms with E-state index < -0.39 is 0 Å². The number of benzene rings is 1. The normalized spacial score (nSPS) is 12.6. The van der Waals surface area contributed by atoms with Crippen molar-refractivity contribution >= 4 is 0 Å². The maximum Gasteiger partial charge on any atom is -0.000813 e. The smallest absolute Gasteiger partial charge is 0.000813 e. The van der Waals surface area contributed by atoms with Crippen LogP contribution in [-0.2, 0) is 6.42 Å². The molecule has 0 aliphatic carbocycles. The quantitative estimate of drug-likeness (QED) is 0.675. The Kier molecular flexibility index (Phi) is 6.90. The van der Waals surface area contributed by atoms with Crippen molar-refractivity contribution in [1.29, 1.82) is 0 Å². The summed E-state index contributed by atoms with van der Waals surface area (Å²) in [6.45, 7) is 7.73. The van der Waals surface area contributed by atoms with Crippen LogP contribution in [0.3, 0.4) is 0 Å². The van der Waals surface area contributed by atoms with Crippen LogP contribution in [0.25, 0.3) is 0 Å². The summed E-state index contributed by atoms with van der Waals surface area (Å²) in [5.74, 6) is 0.747. The Bertz CT molecular complexity index is 310. The van der Waals surface area contributed by atoms with E-state index in [-0.39, 0.29) is 0 Å². The second-order valence-electron chi connectivity index (χ2n) is 4.71. The summed E-state index contributed by atoms with van der Waals surface area (Å²) in [5.41, 5.74) is 2.86. The van der Waals surface area contributed by atoms with Crippen molar-refractivity contribution in [3.05, 3.63) is 35.4 Å². The van der Waals surface area contributed by atoms with Crippen molar-refractivity contribution in [3.8, 4) is 0 Å². The van der Waals surface area contributed by atoms with E-state index in [1.54, 1.807) is 0 Å². The summed E-state index contributed by atoms with van der Waals surface area (Å²) in [4.78, 5) is 0. The Hall–Kier alpha value is -0.860. The molecule has 0 spiro atoms. The molecule has 1 rings (SSSR count). The molecular weight excluding hydrogens is 208 g/mol. The Morgan fingerprint density at radius 1 is 1.18 bits per heavy atom. The van der Waals surface area contributed by atoms with Crippen molar-refractivity contribution in [3.63, 3.8) is 0 Å². The van der Waals surface area contributed by atoms with E-state index in [2.05, 4.69) is 48.7 Å². The SMILES string of the molecule is CCC(CNC)CNCCc1ccccc1C. The molecule has 0 amide bonds. The van der Waals surface area contributed by atoms with Gasteiger partial charge in [-0.3, -0.25) is 0 Å². The molecule has 0 heterocycles. The van der Waals surface area contributed by atoms with Crippen LogP contribution in [0.5, 0.6) is 0 Å². The highest BCUT2D eigenvalue weighted by molar-refractivity contribution is 5.25. The molecule has 0 aliphatic rings. The minimum Gasteiger partial charge on any atom is -0.319 e. The van der Waals surface area contributed by atoms with Crippen molar-refractivity contribution < 1.29 is 0 Å². The summed E-state index contributed by atoms with van der Waals surface area (Å²) in [7, 11) is 2.02. The van der Waals surface area contributed by atoms with Crippen LogP contribution in [0.15, 0.2) is 24.3 Å². The second-order valence-corrected chi connectivity index (χ2v) is 4.71. The third-order valence-electron chi connectivity index (χ3n) is 3.34. The summed E-state index contributed by atoms with van der Waals surface area (Å²) < 4.78 is 0. The van der Waals surface area contributed by atoms with Gasteiger partial charge in [-0.25, -0.2) is 0 Å². The van der Waals surface area contributed by atoms with E-state index in [1.807, 2.05) is 7.05 Å². The molecular formula is C15H26N2. The molecule has 2 nitrogen and oxygen atoms in total. The van der Waals surface area contributed by atoms with Gasteiger partial charge < -0.3 is 10.6 Å². The van der Waals surface area contributed by atoms with Gasteiger partial charge in [0, 0.05) is 0 Å². The van der Waals surface area contributed by atoms with Crippen molar-refractivity contribution in [1.82, 2.24) is 10.6 Å². The van der Waals surface area contributed by atoms with Crippen molar-refractivity contribution in [2.45, 2.75) is 26.7 Å². The highest BCUT2D eigenvalue weighted by Gasteiger charge is 2.04. The van der Waals surface area contributed by atoms with Gasteiger partial charge in [-0.05, 0) is 57.1 Å². The van der Waals surface area contributed by atoms with Crippen molar-refractivity contribution in [2.24, 2.45) is 5.92 Å². The van der Waals surface area contributed by atoms with Crippen molar-refractivity contribution in [2.75, 3.05) is 26.7 Å². The van der Waals surface area contributed by atoms with Gasteiger partial charge in [0.1, 0.15) is 0 Å². The number of aryl methyl sites for hydroxylation is 1. The number of rotatable bonds is 8. The van der Waals surface area contributed by atoms with Gasteiger partial charge in [0.15, 0.2) is 0 Å². The van der Waals surface area contributed by atoms with Crippen LogP contribution in [0.2, 0.25) is 0 Å². The lowest BCUT2D eigenvalue weighted by Crippen LogP contribution is -2.30. The fourth-order valence-corrected chi connectivity index (χ4v) is 2.07. The van der Waals surface area contributed by atoms with E-state index in [1.165, 1.54) is 17.5 Å². The van der Waals surface area contributed by atoms with E-state index >= 15 is 0 Å². The van der Waals surface area contributed by atoms with Gasteiger partial charge in [0.25, 0.3) is 0 Å². The van der Waals surface area contributed by atoms with E-state index in [4.69, 9.17) is 0 Å². The standard InChI is InChI=1S/C15H26N2/c1-4-14(11-16-3)12-17-10-9-15-8-6-5-7-13(15)2/h5-8,14,16-17H,4,9-12H2,1-3H3. The zero-order valence-electron chi connectivity index (χ0n) is 11.4. The van der Waals surface area contributed by atoms with E-state index in [0.29, 0.717) is 0 Å². The Balaban J connectivity index is 2.22. The predicted octanol–water partition coefficient (Wildman–Crippen LogP) is 2.37. The topological polar surface area (TPSA) is 24.1 Å². The van der Waals surface area contributed by atoms with Gasteiger partial charge in [-0.1, -0.05) is 37.6 Å². The maximum absolute atomic E-state index is 3.56. The Morgan fingerprint density at radius 3 is 2.59 bits per heavy atom. The van der Waals surface area contributed by atoms with Crippen LogP contribution in [0.1, 0.15) is 24.5 Å². The van der Waals surface area contributed by atoms with Gasteiger partial charge in [-0.2, -0.15) is 0 Å². The minimum absolute atomic E-state index is 0.747. The van der Waals surface area contributed by atoms with Crippen LogP contribution < -0.4 is 10.6 Å². The first kappa shape index (κ1) is 14.2. The number of hydrogen-bond donors (Lipinski definition) is 2. The van der Waals surface area contributed by atoms with Gasteiger partial charge >= 0.3 is 0 Å². The zero-order chi connectivity index (χ0) is 12.5. The molecule has 0 saturated carbocycles. The zero-order valence-corrected chi connectivity index (χ0v) is 11.4. The lowest BCUT2D eigenvalue weighted by atomic mass is 10.1. The third kappa shape index (κ3) is 5.33. The monoisotopic (exact) mass is 234 g/mol. The lowest BCUT2D eigenvalue weighted by molar-refractivity contribution is 0.447. The fourth-order valence-electron chi connectivity index (χ4n) is 2.07. The van der Waals surface area contributed by atoms with E-state index in [9.17, 15) is 0 Å². The van der Waals surface area contributed by atoms with Gasteiger partial charge in [-0.15, -0.1) is 0 Å². The molecule has 1 aromatic rings. The molecule has 0 fully saturated rings. The average molecular weight is 234 g/mol. The summed E-state index contributed by atoms with van der Waals surface area (Å²) in [5, 5.41) is 6.80. The molecule has 0 radical (unpaired) electrons. The molecule has 17 heavy (non-hydrogen) atoms. The molecule has 2 heteroatoms. The summed E-state index contributed by atoms with van der Waals surface area (Å²) >= 11 is 0. The van der Waals surface area contributed by atoms with Crippen LogP contribution in [0.4, 0.5) is 0 Å². The molecule has 0 aliphatic heterocycles. The molecule has 0 saturated heterocycles. The highest BCUT2D eigenvalue weighted by Crippen LogP contribution is 2.07. The fraction of sp³-hybridized carbons (Fsp3) is 0.600. The summed E-state index contributed by atoms with van der Waals surface area (Å²) in [6, 6.07) is 8.64. The molecule has 1 aromatic carbocycles. The number of nitrogens with one attached hydrogen (secondary N) is 2. The molecule has 0 bridgehead atoms. The Labute approximate surface area is 106 Å². The molecule has 0 aromatic heterocycles. The summed E-state index contributed by atoms with van der Waals surface area (Å²) in [6.07, 6.45) is 2.36. The van der Waals surface area contributed by atoms with Gasteiger partial charge in [0.05, 0.1) is 0 Å². The first-order valence-electron chi connectivity index (χ1n) is 6.67. The lowest BCUT2D eigenvalue weighted by Gasteiger charge is -2.15.